The molecule has 1 saturated heterocycles. The summed E-state index contributed by atoms with van der Waals surface area (Å²) in [4.78, 5) is 48.7. The number of pyridine rings is 1. The highest BCUT2D eigenvalue weighted by molar-refractivity contribution is 6.06. The Labute approximate surface area is 234 Å². The van der Waals surface area contributed by atoms with Crippen LogP contribution >= 0.6 is 0 Å². The first-order valence-corrected chi connectivity index (χ1v) is 14.1. The smallest absolute Gasteiger partial charge is 0.244 e. The molecule has 2 aliphatic heterocycles. The lowest BCUT2D eigenvalue weighted by Crippen LogP contribution is -2.65. The first kappa shape index (κ1) is 26.2. The van der Waals surface area contributed by atoms with Gasteiger partial charge in [0.05, 0.1) is 17.0 Å². The normalized spacial score (nSPS) is 23.2. The van der Waals surface area contributed by atoms with E-state index in [4.69, 9.17) is 0 Å². The highest BCUT2D eigenvalue weighted by Gasteiger charge is 2.51. The Bertz CT molecular complexity index is 1480. The third kappa shape index (κ3) is 4.01. The fourth-order valence-corrected chi connectivity index (χ4v) is 7.04. The molecule has 0 bridgehead atoms. The number of hydrogen-bond donors (Lipinski definition) is 2. The Kier molecular flexibility index (Phi) is 6.45. The maximum Gasteiger partial charge on any atom is 0.244 e. The van der Waals surface area contributed by atoms with Gasteiger partial charge >= 0.3 is 0 Å². The molecule has 0 radical (unpaired) electrons. The molecular weight excluding hydrogens is 502 g/mol. The van der Waals surface area contributed by atoms with Gasteiger partial charge in [-0.15, -0.1) is 0 Å². The van der Waals surface area contributed by atoms with Crippen molar-refractivity contribution in [2.45, 2.75) is 56.5 Å². The topological polar surface area (TPSA) is 94.6 Å². The van der Waals surface area contributed by atoms with Gasteiger partial charge in [0, 0.05) is 24.0 Å². The van der Waals surface area contributed by atoms with Crippen LogP contribution in [0.2, 0.25) is 0 Å². The third-order valence-corrected chi connectivity index (χ3v) is 9.35. The maximum absolute atomic E-state index is 14.0. The van der Waals surface area contributed by atoms with Crippen molar-refractivity contribution in [2.75, 3.05) is 30.8 Å². The van der Waals surface area contributed by atoms with E-state index in [-0.39, 0.29) is 30.3 Å². The molecule has 1 spiro atoms. The molecule has 8 nitrogen and oxygen atoms in total. The molecule has 1 aliphatic carbocycles. The lowest BCUT2D eigenvalue weighted by molar-refractivity contribution is -0.158. The largest absolute Gasteiger partial charge is 0.325 e. The van der Waals surface area contributed by atoms with Gasteiger partial charge in [-0.05, 0) is 67.6 Å². The van der Waals surface area contributed by atoms with E-state index in [0.717, 1.165) is 22.3 Å². The van der Waals surface area contributed by atoms with Crippen molar-refractivity contribution in [1.29, 1.82) is 0 Å². The number of nitrogens with zero attached hydrogens (tertiary/aromatic N) is 3. The van der Waals surface area contributed by atoms with Gasteiger partial charge in [0.1, 0.15) is 12.4 Å². The molecule has 2 atom stereocenters. The number of piperazine rings is 1. The minimum absolute atomic E-state index is 0.00864. The molecule has 1 fully saturated rings. The molecule has 0 saturated carbocycles. The summed E-state index contributed by atoms with van der Waals surface area (Å²) >= 11 is 0. The van der Waals surface area contributed by atoms with Gasteiger partial charge in [-0.3, -0.25) is 19.3 Å². The van der Waals surface area contributed by atoms with Crippen LogP contribution in [0.4, 0.5) is 11.5 Å². The first-order chi connectivity index (χ1) is 19.3. The standard InChI is InChI=1S/C32H35N5O3/c1-4-32(5-2)30(40)37(26(19-36(32)3)21-10-7-6-8-11-21)20-27(38)34-24-14-13-22-17-31(18-23(22)16-24)25-12-9-15-33-28(25)35-29(31)39/h6-16,26H,4-5,17-20H2,1-3H3,(H,34,38)(H,33,35,39). The number of likely N-dealkylation sites (N-methyl/N-ethyl adjacent to an activating group) is 1. The summed E-state index contributed by atoms with van der Waals surface area (Å²) in [6, 6.07) is 19.4. The second kappa shape index (κ2) is 9.86. The molecule has 3 aromatic rings. The van der Waals surface area contributed by atoms with Crippen molar-refractivity contribution in [3.63, 3.8) is 0 Å². The molecule has 8 heteroatoms. The quantitative estimate of drug-likeness (QED) is 0.494. The number of aromatic nitrogens is 1. The number of anilines is 2. The Morgan fingerprint density at radius 3 is 2.52 bits per heavy atom. The molecule has 2 aromatic carbocycles. The molecular formula is C32H35N5O3. The van der Waals surface area contributed by atoms with Crippen LogP contribution in [0.1, 0.15) is 55.0 Å². The second-order valence-corrected chi connectivity index (χ2v) is 11.3. The Morgan fingerprint density at radius 1 is 1.02 bits per heavy atom. The molecule has 2 unspecified atom stereocenters. The summed E-state index contributed by atoms with van der Waals surface area (Å²) in [5.41, 5.74) is 3.47. The minimum Gasteiger partial charge on any atom is -0.325 e. The minimum atomic E-state index is -0.659. The maximum atomic E-state index is 14.0. The average Bonchev–Trinajstić information content (AvgIpc) is 3.48. The molecule has 1 aromatic heterocycles. The van der Waals surface area contributed by atoms with Crippen LogP contribution in [0.5, 0.6) is 0 Å². The van der Waals surface area contributed by atoms with Crippen molar-refractivity contribution < 1.29 is 14.4 Å². The molecule has 2 N–H and O–H groups in total. The summed E-state index contributed by atoms with van der Waals surface area (Å²) < 4.78 is 0. The van der Waals surface area contributed by atoms with E-state index in [0.29, 0.717) is 43.7 Å². The fraction of sp³-hybridized carbons (Fsp3) is 0.375. The van der Waals surface area contributed by atoms with Gasteiger partial charge in [-0.1, -0.05) is 56.3 Å². The van der Waals surface area contributed by atoms with Crippen LogP contribution in [-0.2, 0) is 32.6 Å². The van der Waals surface area contributed by atoms with Gasteiger partial charge < -0.3 is 15.5 Å². The number of carbonyl (C=O) groups excluding carboxylic acids is 3. The second-order valence-electron chi connectivity index (χ2n) is 11.3. The number of benzene rings is 2. The predicted octanol–water partition coefficient (Wildman–Crippen LogP) is 4.08. The van der Waals surface area contributed by atoms with Gasteiger partial charge in [0.2, 0.25) is 17.7 Å². The molecule has 206 valence electrons. The Morgan fingerprint density at radius 2 is 1.77 bits per heavy atom. The Hall–Kier alpha value is -4.04. The number of carbonyl (C=O) groups is 3. The van der Waals surface area contributed by atoms with E-state index in [1.54, 1.807) is 11.1 Å². The van der Waals surface area contributed by atoms with Crippen LogP contribution in [0.15, 0.2) is 66.9 Å². The van der Waals surface area contributed by atoms with Crippen molar-refractivity contribution in [1.82, 2.24) is 14.8 Å². The van der Waals surface area contributed by atoms with Gasteiger partial charge in [-0.25, -0.2) is 4.98 Å². The van der Waals surface area contributed by atoms with Crippen molar-refractivity contribution >= 4 is 29.2 Å². The van der Waals surface area contributed by atoms with E-state index in [9.17, 15) is 14.4 Å². The highest BCUT2D eigenvalue weighted by Crippen LogP contribution is 2.47. The molecule has 40 heavy (non-hydrogen) atoms. The van der Waals surface area contributed by atoms with E-state index in [1.165, 1.54) is 0 Å². The Balaban J connectivity index is 1.23. The zero-order chi connectivity index (χ0) is 28.1. The van der Waals surface area contributed by atoms with E-state index in [1.807, 2.05) is 81.6 Å². The first-order valence-electron chi connectivity index (χ1n) is 14.1. The van der Waals surface area contributed by atoms with Crippen LogP contribution in [0.3, 0.4) is 0 Å². The number of amides is 3. The number of nitrogens with one attached hydrogen (secondary N) is 2. The predicted molar refractivity (Wildman–Crippen MR) is 154 cm³/mol. The fourth-order valence-electron chi connectivity index (χ4n) is 7.04. The lowest BCUT2D eigenvalue weighted by atomic mass is 9.79. The van der Waals surface area contributed by atoms with E-state index < -0.39 is 11.0 Å². The van der Waals surface area contributed by atoms with Gasteiger partial charge in [0.25, 0.3) is 0 Å². The van der Waals surface area contributed by atoms with Crippen molar-refractivity contribution in [3.05, 3.63) is 89.1 Å². The van der Waals surface area contributed by atoms with Gasteiger partial charge in [0.15, 0.2) is 0 Å². The van der Waals surface area contributed by atoms with Crippen molar-refractivity contribution in [2.24, 2.45) is 0 Å². The SMILES string of the molecule is CCC1(CC)C(=O)N(CC(=O)Nc2ccc3c(c2)CC2(C3)C(=O)Nc3ncccc32)C(c2ccccc2)CN1C. The van der Waals surface area contributed by atoms with Crippen LogP contribution in [-0.4, -0.2) is 58.2 Å². The molecule has 3 aliphatic rings. The van der Waals surface area contributed by atoms with Crippen LogP contribution in [0.25, 0.3) is 0 Å². The lowest BCUT2D eigenvalue weighted by Gasteiger charge is -2.51. The van der Waals surface area contributed by atoms with Crippen LogP contribution in [0, 0.1) is 0 Å². The molecule has 3 amide bonds. The van der Waals surface area contributed by atoms with E-state index >= 15 is 0 Å². The summed E-state index contributed by atoms with van der Waals surface area (Å²) in [5.74, 6) is 0.360. The zero-order valence-electron chi connectivity index (χ0n) is 23.2. The third-order valence-electron chi connectivity index (χ3n) is 9.35. The van der Waals surface area contributed by atoms with Crippen LogP contribution < -0.4 is 10.6 Å². The van der Waals surface area contributed by atoms with Crippen molar-refractivity contribution in [3.8, 4) is 0 Å². The highest BCUT2D eigenvalue weighted by atomic mass is 16.2. The van der Waals surface area contributed by atoms with E-state index in [2.05, 4.69) is 20.5 Å². The molecule has 3 heterocycles. The van der Waals surface area contributed by atoms with Gasteiger partial charge in [-0.2, -0.15) is 0 Å². The average molecular weight is 538 g/mol. The summed E-state index contributed by atoms with van der Waals surface area (Å²) in [6.07, 6.45) is 4.20. The summed E-state index contributed by atoms with van der Waals surface area (Å²) in [5, 5.41) is 5.97. The molecule has 6 rings (SSSR count). The summed E-state index contributed by atoms with van der Waals surface area (Å²) in [6.45, 7) is 4.70. The number of fused-ring (bicyclic) bond motifs is 3. The monoisotopic (exact) mass is 537 g/mol. The summed E-state index contributed by atoms with van der Waals surface area (Å²) in [7, 11) is 2.01. The zero-order valence-corrected chi connectivity index (χ0v) is 23.2. The number of hydrogen-bond acceptors (Lipinski definition) is 5. The number of rotatable bonds is 6.